The van der Waals surface area contributed by atoms with Gasteiger partial charge in [-0.05, 0) is 26.0 Å². The standard InChI is InChI=1S/C21H23N3O3S2/c1-3-29(26,27)24-19-7-5-4-6-18(19)20(25)22-13-12-17-14-28-21(23-17)16-10-8-15(2)9-11-16/h4-11,14,24H,3,12-13H2,1-2H3,(H,22,25). The lowest BCUT2D eigenvalue weighted by molar-refractivity contribution is 0.0955. The lowest BCUT2D eigenvalue weighted by Crippen LogP contribution is -2.27. The summed E-state index contributed by atoms with van der Waals surface area (Å²) in [6, 6.07) is 14.8. The molecule has 2 aromatic carbocycles. The lowest BCUT2D eigenvalue weighted by atomic mass is 10.1. The Morgan fingerprint density at radius 3 is 2.55 bits per heavy atom. The maximum Gasteiger partial charge on any atom is 0.253 e. The van der Waals surface area contributed by atoms with Crippen LogP contribution >= 0.6 is 11.3 Å². The summed E-state index contributed by atoms with van der Waals surface area (Å²) < 4.78 is 26.1. The average Bonchev–Trinajstić information content (AvgIpc) is 3.17. The van der Waals surface area contributed by atoms with Gasteiger partial charge >= 0.3 is 0 Å². The number of nitrogens with zero attached hydrogens (tertiary/aromatic N) is 1. The number of aromatic nitrogens is 1. The molecule has 0 atom stereocenters. The molecule has 1 aromatic heterocycles. The van der Waals surface area contributed by atoms with E-state index in [4.69, 9.17) is 0 Å². The molecule has 0 aliphatic rings. The summed E-state index contributed by atoms with van der Waals surface area (Å²) in [6.07, 6.45) is 0.594. The van der Waals surface area contributed by atoms with Crippen molar-refractivity contribution in [3.63, 3.8) is 0 Å². The van der Waals surface area contributed by atoms with Crippen molar-refractivity contribution in [2.75, 3.05) is 17.0 Å². The number of anilines is 1. The largest absolute Gasteiger partial charge is 0.352 e. The minimum absolute atomic E-state index is 0.0594. The topological polar surface area (TPSA) is 88.2 Å². The van der Waals surface area contributed by atoms with E-state index in [2.05, 4.69) is 27.2 Å². The van der Waals surface area contributed by atoms with Crippen LogP contribution in [0.3, 0.4) is 0 Å². The molecule has 0 aliphatic heterocycles. The van der Waals surface area contributed by atoms with E-state index in [1.54, 1.807) is 42.5 Å². The Morgan fingerprint density at radius 2 is 1.83 bits per heavy atom. The van der Waals surface area contributed by atoms with Gasteiger partial charge in [0.25, 0.3) is 5.91 Å². The summed E-state index contributed by atoms with van der Waals surface area (Å²) in [5, 5.41) is 5.78. The van der Waals surface area contributed by atoms with E-state index in [-0.39, 0.29) is 17.3 Å². The van der Waals surface area contributed by atoms with Crippen molar-refractivity contribution >= 4 is 33.0 Å². The van der Waals surface area contributed by atoms with Gasteiger partial charge in [-0.25, -0.2) is 13.4 Å². The lowest BCUT2D eigenvalue weighted by Gasteiger charge is -2.11. The van der Waals surface area contributed by atoms with Crippen LogP contribution in [0.15, 0.2) is 53.9 Å². The van der Waals surface area contributed by atoms with Gasteiger partial charge in [0.2, 0.25) is 10.0 Å². The SMILES string of the molecule is CCS(=O)(=O)Nc1ccccc1C(=O)NCCc1csc(-c2ccc(C)cc2)n1. The van der Waals surface area contributed by atoms with Crippen molar-refractivity contribution in [3.8, 4) is 10.6 Å². The maximum absolute atomic E-state index is 12.5. The molecule has 0 radical (unpaired) electrons. The average molecular weight is 430 g/mol. The third-order valence-corrected chi connectivity index (χ3v) is 6.57. The van der Waals surface area contributed by atoms with Gasteiger partial charge in [0.05, 0.1) is 22.7 Å². The molecule has 2 N–H and O–H groups in total. The minimum Gasteiger partial charge on any atom is -0.352 e. The Balaban J connectivity index is 1.60. The fourth-order valence-electron chi connectivity index (χ4n) is 2.66. The Labute approximate surface area is 175 Å². The van der Waals surface area contributed by atoms with Gasteiger partial charge < -0.3 is 5.32 Å². The Morgan fingerprint density at radius 1 is 1.10 bits per heavy atom. The minimum atomic E-state index is -3.46. The second-order valence-corrected chi connectivity index (χ2v) is 9.44. The molecule has 0 spiro atoms. The summed E-state index contributed by atoms with van der Waals surface area (Å²) in [6.45, 7) is 4.00. The smallest absolute Gasteiger partial charge is 0.253 e. The van der Waals surface area contributed by atoms with Crippen molar-refractivity contribution in [1.29, 1.82) is 0 Å². The predicted molar refractivity (Wildman–Crippen MR) is 118 cm³/mol. The highest BCUT2D eigenvalue weighted by Crippen LogP contribution is 2.24. The van der Waals surface area contributed by atoms with Gasteiger partial charge in [0, 0.05) is 23.9 Å². The first-order valence-corrected chi connectivity index (χ1v) is 11.8. The number of benzene rings is 2. The molecular weight excluding hydrogens is 406 g/mol. The molecular formula is C21H23N3O3S2. The van der Waals surface area contributed by atoms with E-state index in [9.17, 15) is 13.2 Å². The van der Waals surface area contributed by atoms with E-state index in [0.717, 1.165) is 16.3 Å². The quantitative estimate of drug-likeness (QED) is 0.569. The number of amides is 1. The van der Waals surface area contributed by atoms with E-state index < -0.39 is 10.0 Å². The molecule has 0 fully saturated rings. The van der Waals surface area contributed by atoms with Crippen LogP contribution in [0.25, 0.3) is 10.6 Å². The predicted octanol–water partition coefficient (Wildman–Crippen LogP) is 3.85. The van der Waals surface area contributed by atoms with E-state index in [0.29, 0.717) is 18.5 Å². The number of carbonyl (C=O) groups is 1. The molecule has 0 aliphatic carbocycles. The van der Waals surface area contributed by atoms with Crippen LogP contribution in [-0.2, 0) is 16.4 Å². The van der Waals surface area contributed by atoms with Crippen molar-refractivity contribution < 1.29 is 13.2 Å². The first-order chi connectivity index (χ1) is 13.9. The van der Waals surface area contributed by atoms with Crippen molar-refractivity contribution in [3.05, 3.63) is 70.7 Å². The van der Waals surface area contributed by atoms with E-state index in [1.807, 2.05) is 24.4 Å². The summed E-state index contributed by atoms with van der Waals surface area (Å²) in [5.74, 6) is -0.385. The summed E-state index contributed by atoms with van der Waals surface area (Å²) in [5.41, 5.74) is 3.76. The molecule has 0 saturated carbocycles. The van der Waals surface area contributed by atoms with Crippen molar-refractivity contribution in [1.82, 2.24) is 10.3 Å². The molecule has 0 saturated heterocycles. The van der Waals surface area contributed by atoms with Crippen LogP contribution in [0, 0.1) is 6.92 Å². The first-order valence-electron chi connectivity index (χ1n) is 9.27. The monoisotopic (exact) mass is 429 g/mol. The number of hydrogen-bond acceptors (Lipinski definition) is 5. The molecule has 8 heteroatoms. The molecule has 152 valence electrons. The second-order valence-electron chi connectivity index (χ2n) is 6.57. The molecule has 3 aromatic rings. The molecule has 3 rings (SSSR count). The van der Waals surface area contributed by atoms with Gasteiger partial charge in [0.1, 0.15) is 5.01 Å². The number of nitrogens with one attached hydrogen (secondary N) is 2. The van der Waals surface area contributed by atoms with Crippen molar-refractivity contribution in [2.45, 2.75) is 20.3 Å². The van der Waals surface area contributed by atoms with E-state index in [1.165, 1.54) is 5.56 Å². The second kappa shape index (κ2) is 9.19. The highest BCUT2D eigenvalue weighted by atomic mass is 32.2. The summed E-state index contributed by atoms with van der Waals surface area (Å²) in [7, 11) is -3.46. The Kier molecular flexibility index (Phi) is 6.66. The van der Waals surface area contributed by atoms with Crippen LogP contribution in [0.4, 0.5) is 5.69 Å². The number of para-hydroxylation sites is 1. The third-order valence-electron chi connectivity index (χ3n) is 4.33. The van der Waals surface area contributed by atoms with Gasteiger partial charge in [-0.15, -0.1) is 11.3 Å². The number of rotatable bonds is 8. The van der Waals surface area contributed by atoms with Crippen LogP contribution in [-0.4, -0.2) is 31.6 Å². The molecule has 0 unspecified atom stereocenters. The molecule has 1 amide bonds. The number of hydrogen-bond donors (Lipinski definition) is 2. The highest BCUT2D eigenvalue weighted by Gasteiger charge is 2.15. The van der Waals surface area contributed by atoms with Crippen LogP contribution in [0.2, 0.25) is 0 Å². The molecule has 29 heavy (non-hydrogen) atoms. The zero-order valence-electron chi connectivity index (χ0n) is 16.3. The summed E-state index contributed by atoms with van der Waals surface area (Å²) in [4.78, 5) is 17.2. The number of carbonyl (C=O) groups excluding carboxylic acids is 1. The fourth-order valence-corrected chi connectivity index (χ4v) is 4.18. The van der Waals surface area contributed by atoms with Gasteiger partial charge in [0.15, 0.2) is 0 Å². The van der Waals surface area contributed by atoms with Gasteiger partial charge in [-0.3, -0.25) is 9.52 Å². The Hall–Kier alpha value is -2.71. The number of sulfonamides is 1. The van der Waals surface area contributed by atoms with E-state index >= 15 is 0 Å². The van der Waals surface area contributed by atoms with Gasteiger partial charge in [-0.2, -0.15) is 0 Å². The fraction of sp³-hybridized carbons (Fsp3) is 0.238. The highest BCUT2D eigenvalue weighted by molar-refractivity contribution is 7.92. The van der Waals surface area contributed by atoms with Crippen LogP contribution in [0.1, 0.15) is 28.5 Å². The van der Waals surface area contributed by atoms with Crippen molar-refractivity contribution in [2.24, 2.45) is 0 Å². The molecule has 0 bridgehead atoms. The number of thiazole rings is 1. The van der Waals surface area contributed by atoms with Crippen LogP contribution < -0.4 is 10.0 Å². The summed E-state index contributed by atoms with van der Waals surface area (Å²) >= 11 is 1.57. The first kappa shape index (κ1) is 21.0. The Bertz CT molecular complexity index is 1090. The third kappa shape index (κ3) is 5.65. The number of aryl methyl sites for hydroxylation is 1. The molecule has 6 nitrogen and oxygen atoms in total. The zero-order chi connectivity index (χ0) is 20.9. The zero-order valence-corrected chi connectivity index (χ0v) is 17.9. The van der Waals surface area contributed by atoms with Gasteiger partial charge in [-0.1, -0.05) is 42.0 Å². The van der Waals surface area contributed by atoms with Crippen LogP contribution in [0.5, 0.6) is 0 Å². The normalized spacial score (nSPS) is 11.2. The molecule has 1 heterocycles. The maximum atomic E-state index is 12.5.